The van der Waals surface area contributed by atoms with Gasteiger partial charge in [0.05, 0.1) is 6.10 Å². The first-order valence-electron chi connectivity index (χ1n) is 6.49. The Morgan fingerprint density at radius 3 is 2.94 bits per heavy atom. The maximum Gasteiger partial charge on any atom is 0.0702 e. The number of nitrogens with zero attached hydrogens (tertiary/aromatic N) is 1. The molecule has 0 spiro atoms. The number of ether oxygens (including phenoxy) is 1. The lowest BCUT2D eigenvalue weighted by atomic mass is 10.1. The van der Waals surface area contributed by atoms with Crippen molar-refractivity contribution in [2.24, 2.45) is 0 Å². The van der Waals surface area contributed by atoms with Gasteiger partial charge in [0.25, 0.3) is 0 Å². The van der Waals surface area contributed by atoms with Crippen molar-refractivity contribution >= 4 is 21.6 Å². The molecule has 1 aromatic carbocycles. The predicted molar refractivity (Wildman–Crippen MR) is 78.5 cm³/mol. The Balaban J connectivity index is 1.85. The zero-order valence-corrected chi connectivity index (χ0v) is 12.4. The molecule has 0 amide bonds. The summed E-state index contributed by atoms with van der Waals surface area (Å²) in [6.45, 7) is 2.83. The van der Waals surface area contributed by atoms with Crippen LogP contribution in [0.25, 0.3) is 0 Å². The molecule has 0 saturated carbocycles. The summed E-state index contributed by atoms with van der Waals surface area (Å²) < 4.78 is 6.72. The topological polar surface area (TPSA) is 38.5 Å². The van der Waals surface area contributed by atoms with Gasteiger partial charge >= 0.3 is 0 Å². The second-order valence-electron chi connectivity index (χ2n) is 5.04. The van der Waals surface area contributed by atoms with Crippen LogP contribution in [0.15, 0.2) is 22.7 Å². The predicted octanol–water partition coefficient (Wildman–Crippen LogP) is 3.03. The maximum absolute atomic E-state index is 5.89. The molecule has 1 aliphatic rings. The third-order valence-corrected chi connectivity index (χ3v) is 4.02. The fourth-order valence-electron chi connectivity index (χ4n) is 2.37. The zero-order chi connectivity index (χ0) is 13.0. The summed E-state index contributed by atoms with van der Waals surface area (Å²) in [5.41, 5.74) is 7.94. The van der Waals surface area contributed by atoms with Crippen LogP contribution in [0.5, 0.6) is 0 Å². The van der Waals surface area contributed by atoms with E-state index in [-0.39, 0.29) is 0 Å². The number of benzene rings is 1. The molecule has 2 rings (SSSR count). The van der Waals surface area contributed by atoms with Crippen LogP contribution in [0.3, 0.4) is 0 Å². The Kier molecular flexibility index (Phi) is 5.03. The number of likely N-dealkylation sites (N-methyl/N-ethyl adjacent to an activating group) is 1. The van der Waals surface area contributed by atoms with Crippen LogP contribution in [0.2, 0.25) is 0 Å². The molecule has 2 N–H and O–H groups in total. The first-order valence-corrected chi connectivity index (χ1v) is 7.28. The van der Waals surface area contributed by atoms with Crippen molar-refractivity contribution in [1.29, 1.82) is 0 Å². The van der Waals surface area contributed by atoms with Crippen molar-refractivity contribution in [2.45, 2.75) is 31.9 Å². The summed E-state index contributed by atoms with van der Waals surface area (Å²) in [7, 11) is 2.14. The van der Waals surface area contributed by atoms with Crippen molar-refractivity contribution in [3.63, 3.8) is 0 Å². The minimum absolute atomic E-state index is 0.400. The van der Waals surface area contributed by atoms with E-state index in [1.54, 1.807) is 0 Å². The number of rotatable bonds is 4. The Hall–Kier alpha value is -0.580. The van der Waals surface area contributed by atoms with E-state index in [4.69, 9.17) is 10.5 Å². The minimum atomic E-state index is 0.400. The molecule has 1 atom stereocenters. The molecule has 0 radical (unpaired) electrons. The Morgan fingerprint density at radius 1 is 1.44 bits per heavy atom. The fourth-order valence-corrected chi connectivity index (χ4v) is 2.61. The zero-order valence-electron chi connectivity index (χ0n) is 10.9. The monoisotopic (exact) mass is 312 g/mol. The smallest absolute Gasteiger partial charge is 0.0702 e. The van der Waals surface area contributed by atoms with E-state index in [1.807, 2.05) is 12.1 Å². The number of nitrogen functional groups attached to an aromatic ring is 1. The number of halogens is 1. The molecule has 18 heavy (non-hydrogen) atoms. The van der Waals surface area contributed by atoms with Crippen LogP contribution in [-0.2, 0) is 11.3 Å². The van der Waals surface area contributed by atoms with E-state index in [9.17, 15) is 0 Å². The normalized spacial score (nSPS) is 20.3. The van der Waals surface area contributed by atoms with E-state index in [1.165, 1.54) is 24.8 Å². The third kappa shape index (κ3) is 3.97. The second-order valence-corrected chi connectivity index (χ2v) is 5.90. The lowest BCUT2D eigenvalue weighted by Crippen LogP contribution is -2.33. The third-order valence-electron chi connectivity index (χ3n) is 3.30. The second kappa shape index (κ2) is 6.55. The van der Waals surface area contributed by atoms with Gasteiger partial charge in [-0.25, -0.2) is 0 Å². The van der Waals surface area contributed by atoms with Crippen molar-refractivity contribution < 1.29 is 4.74 Å². The van der Waals surface area contributed by atoms with E-state index in [0.717, 1.165) is 29.9 Å². The largest absolute Gasteiger partial charge is 0.398 e. The van der Waals surface area contributed by atoms with Crippen LogP contribution in [0.1, 0.15) is 24.8 Å². The van der Waals surface area contributed by atoms with E-state index < -0.39 is 0 Å². The van der Waals surface area contributed by atoms with Gasteiger partial charge in [-0.2, -0.15) is 0 Å². The van der Waals surface area contributed by atoms with Gasteiger partial charge in [0, 0.05) is 29.9 Å². The molecule has 0 aliphatic carbocycles. The summed E-state index contributed by atoms with van der Waals surface area (Å²) in [4.78, 5) is 2.30. The highest BCUT2D eigenvalue weighted by atomic mass is 79.9. The SMILES string of the molecule is CN(Cc1ccc(Br)c(N)c1)CC1CCCCO1. The number of hydrogen-bond donors (Lipinski definition) is 1. The summed E-state index contributed by atoms with van der Waals surface area (Å²) in [6, 6.07) is 6.15. The fraction of sp³-hybridized carbons (Fsp3) is 0.571. The lowest BCUT2D eigenvalue weighted by molar-refractivity contribution is -0.00258. The molecular formula is C14H21BrN2O. The van der Waals surface area contributed by atoms with Gasteiger partial charge in [0.15, 0.2) is 0 Å². The van der Waals surface area contributed by atoms with Gasteiger partial charge in [-0.3, -0.25) is 4.90 Å². The molecule has 100 valence electrons. The summed E-state index contributed by atoms with van der Waals surface area (Å²) in [5, 5.41) is 0. The van der Waals surface area contributed by atoms with Crippen molar-refractivity contribution in [3.05, 3.63) is 28.2 Å². The van der Waals surface area contributed by atoms with Crippen molar-refractivity contribution in [1.82, 2.24) is 4.90 Å². The van der Waals surface area contributed by atoms with Crippen LogP contribution in [0.4, 0.5) is 5.69 Å². The van der Waals surface area contributed by atoms with Gasteiger partial charge in [-0.05, 0) is 59.9 Å². The summed E-state index contributed by atoms with van der Waals surface area (Å²) in [6.07, 6.45) is 4.09. The molecule has 3 nitrogen and oxygen atoms in total. The van der Waals surface area contributed by atoms with Gasteiger partial charge in [0.2, 0.25) is 0 Å². The Bertz CT molecular complexity index is 391. The van der Waals surface area contributed by atoms with Crippen LogP contribution in [-0.4, -0.2) is 31.2 Å². The average molecular weight is 313 g/mol. The number of nitrogens with two attached hydrogens (primary N) is 1. The van der Waals surface area contributed by atoms with Gasteiger partial charge in [-0.15, -0.1) is 0 Å². The van der Waals surface area contributed by atoms with Crippen molar-refractivity contribution in [3.8, 4) is 0 Å². The molecule has 1 unspecified atom stereocenters. The maximum atomic E-state index is 5.89. The number of hydrogen-bond acceptors (Lipinski definition) is 3. The molecule has 0 aromatic heterocycles. The molecule has 1 fully saturated rings. The molecule has 1 aromatic rings. The first kappa shape index (κ1) is 13.8. The van der Waals surface area contributed by atoms with E-state index >= 15 is 0 Å². The van der Waals surface area contributed by atoms with E-state index in [0.29, 0.717) is 6.10 Å². The highest BCUT2D eigenvalue weighted by molar-refractivity contribution is 9.10. The van der Waals surface area contributed by atoms with Crippen LogP contribution < -0.4 is 5.73 Å². The van der Waals surface area contributed by atoms with Gasteiger partial charge in [0.1, 0.15) is 0 Å². The highest BCUT2D eigenvalue weighted by Crippen LogP contribution is 2.21. The summed E-state index contributed by atoms with van der Waals surface area (Å²) in [5.74, 6) is 0. The standard InChI is InChI=1S/C14H21BrN2O/c1-17(10-12-4-2-3-7-18-12)9-11-5-6-13(15)14(16)8-11/h5-6,8,12H,2-4,7,9-10,16H2,1H3. The van der Waals surface area contributed by atoms with Gasteiger partial charge in [-0.1, -0.05) is 6.07 Å². The molecule has 0 bridgehead atoms. The molecule has 1 saturated heterocycles. The molecule has 1 aliphatic heterocycles. The molecule has 4 heteroatoms. The molecule has 1 heterocycles. The van der Waals surface area contributed by atoms with Crippen LogP contribution in [0, 0.1) is 0 Å². The quantitative estimate of drug-likeness (QED) is 0.869. The highest BCUT2D eigenvalue weighted by Gasteiger charge is 2.15. The number of anilines is 1. The Morgan fingerprint density at radius 2 is 2.28 bits per heavy atom. The Labute approximate surface area is 117 Å². The first-order chi connectivity index (χ1) is 8.65. The van der Waals surface area contributed by atoms with Gasteiger partial charge < -0.3 is 10.5 Å². The van der Waals surface area contributed by atoms with Crippen LogP contribution >= 0.6 is 15.9 Å². The van der Waals surface area contributed by atoms with Crippen molar-refractivity contribution in [2.75, 3.05) is 25.9 Å². The molecular weight excluding hydrogens is 292 g/mol. The summed E-state index contributed by atoms with van der Waals surface area (Å²) >= 11 is 3.42. The lowest BCUT2D eigenvalue weighted by Gasteiger charge is -2.27. The minimum Gasteiger partial charge on any atom is -0.398 e. The van der Waals surface area contributed by atoms with E-state index in [2.05, 4.69) is 33.9 Å². The average Bonchev–Trinajstić information content (AvgIpc) is 2.35.